The molecule has 0 saturated carbocycles. The quantitative estimate of drug-likeness (QED) is 0.765. The Morgan fingerprint density at radius 1 is 1.28 bits per heavy atom. The summed E-state index contributed by atoms with van der Waals surface area (Å²) in [5.74, 6) is 0. The molecule has 4 heteroatoms. The Kier molecular flexibility index (Phi) is 3.73. The fourth-order valence-electron chi connectivity index (χ4n) is 2.34. The van der Waals surface area contributed by atoms with Gasteiger partial charge in [-0.15, -0.1) is 23.7 Å². The van der Waals surface area contributed by atoms with E-state index in [-0.39, 0.29) is 12.4 Å². The standard InChI is InChI=1S/C14H14N2S.ClH/c1-10-14(12-7-8-15-9-16(12)2)11-5-3-4-6-13(11)17-10;/h3-9,12H,1-2H3;1H. The zero-order valence-corrected chi connectivity index (χ0v) is 12.0. The van der Waals surface area contributed by atoms with Crippen LogP contribution in [0.3, 0.4) is 0 Å². The first-order chi connectivity index (χ1) is 8.27. The van der Waals surface area contributed by atoms with Gasteiger partial charge < -0.3 is 4.90 Å². The van der Waals surface area contributed by atoms with Crippen LogP contribution in [0.4, 0.5) is 0 Å². The van der Waals surface area contributed by atoms with E-state index in [9.17, 15) is 0 Å². The minimum absolute atomic E-state index is 0. The largest absolute Gasteiger partial charge is 0.355 e. The second-order valence-corrected chi connectivity index (χ2v) is 5.54. The Bertz CT molecular complexity index is 615. The smallest absolute Gasteiger partial charge is 0.0909 e. The maximum atomic E-state index is 4.15. The molecule has 2 aromatic rings. The number of nitrogens with zero attached hydrogens (tertiary/aromatic N) is 2. The van der Waals surface area contributed by atoms with Gasteiger partial charge in [0.25, 0.3) is 0 Å². The van der Waals surface area contributed by atoms with Crippen molar-refractivity contribution >= 4 is 40.2 Å². The van der Waals surface area contributed by atoms with Gasteiger partial charge in [-0.25, -0.2) is 4.99 Å². The molecule has 0 radical (unpaired) electrons. The molecule has 1 unspecified atom stereocenters. The molecule has 94 valence electrons. The van der Waals surface area contributed by atoms with E-state index < -0.39 is 0 Å². The van der Waals surface area contributed by atoms with Gasteiger partial charge in [-0.3, -0.25) is 0 Å². The highest BCUT2D eigenvalue weighted by molar-refractivity contribution is 7.19. The molecule has 3 rings (SSSR count). The number of benzene rings is 1. The number of aryl methyl sites for hydroxylation is 1. The summed E-state index contributed by atoms with van der Waals surface area (Å²) in [6.45, 7) is 2.20. The van der Waals surface area contributed by atoms with Gasteiger partial charge in [-0.1, -0.05) is 18.2 Å². The van der Waals surface area contributed by atoms with E-state index >= 15 is 0 Å². The molecule has 2 heterocycles. The molecule has 1 aromatic heterocycles. The SMILES string of the molecule is Cc1sc2ccccc2c1C1C=CN=CN1C.Cl. The average Bonchev–Trinajstić information content (AvgIpc) is 2.66. The van der Waals surface area contributed by atoms with Gasteiger partial charge >= 0.3 is 0 Å². The van der Waals surface area contributed by atoms with E-state index in [2.05, 4.69) is 54.2 Å². The van der Waals surface area contributed by atoms with Crippen molar-refractivity contribution in [3.8, 4) is 0 Å². The van der Waals surface area contributed by atoms with Crippen molar-refractivity contribution in [3.05, 3.63) is 47.0 Å². The lowest BCUT2D eigenvalue weighted by molar-refractivity contribution is 0.447. The highest BCUT2D eigenvalue weighted by Crippen LogP contribution is 2.37. The van der Waals surface area contributed by atoms with Gasteiger partial charge in [0.15, 0.2) is 0 Å². The van der Waals surface area contributed by atoms with Crippen LogP contribution < -0.4 is 0 Å². The third-order valence-electron chi connectivity index (χ3n) is 3.16. The predicted molar refractivity (Wildman–Crippen MR) is 81.9 cm³/mol. The molecule has 1 aliphatic rings. The fourth-order valence-corrected chi connectivity index (χ4v) is 3.44. The van der Waals surface area contributed by atoms with Crippen molar-refractivity contribution in [1.29, 1.82) is 0 Å². The molecule has 0 aliphatic carbocycles. The predicted octanol–water partition coefficient (Wildman–Crippen LogP) is 4.16. The van der Waals surface area contributed by atoms with E-state index in [1.165, 1.54) is 20.5 Å². The molecule has 1 aromatic carbocycles. The third-order valence-corrected chi connectivity index (χ3v) is 4.26. The summed E-state index contributed by atoms with van der Waals surface area (Å²) in [4.78, 5) is 7.70. The van der Waals surface area contributed by atoms with Crippen LogP contribution in [0.5, 0.6) is 0 Å². The molecule has 0 N–H and O–H groups in total. The lowest BCUT2D eigenvalue weighted by Crippen LogP contribution is -2.23. The van der Waals surface area contributed by atoms with Crippen LogP contribution >= 0.6 is 23.7 Å². The van der Waals surface area contributed by atoms with Gasteiger partial charge in [0, 0.05) is 22.8 Å². The molecule has 2 nitrogen and oxygen atoms in total. The molecule has 0 bridgehead atoms. The van der Waals surface area contributed by atoms with Gasteiger partial charge in [-0.2, -0.15) is 0 Å². The lowest BCUT2D eigenvalue weighted by Gasteiger charge is -2.25. The zero-order chi connectivity index (χ0) is 11.8. The minimum Gasteiger partial charge on any atom is -0.355 e. The maximum Gasteiger partial charge on any atom is 0.0909 e. The summed E-state index contributed by atoms with van der Waals surface area (Å²) in [5.41, 5.74) is 1.41. The minimum atomic E-state index is 0. The number of likely N-dealkylation sites (N-methyl/N-ethyl adjacent to an activating group) is 1. The summed E-state index contributed by atoms with van der Waals surface area (Å²) < 4.78 is 1.37. The van der Waals surface area contributed by atoms with Gasteiger partial charge in [-0.05, 0) is 30.0 Å². The maximum absolute atomic E-state index is 4.15. The first-order valence-electron chi connectivity index (χ1n) is 5.67. The van der Waals surface area contributed by atoms with Crippen LogP contribution in [0.1, 0.15) is 16.5 Å². The Morgan fingerprint density at radius 3 is 2.83 bits per heavy atom. The molecule has 1 atom stereocenters. The molecular formula is C14H15ClN2S. The summed E-state index contributed by atoms with van der Waals surface area (Å²) in [7, 11) is 2.07. The van der Waals surface area contributed by atoms with Crippen molar-refractivity contribution in [2.24, 2.45) is 4.99 Å². The van der Waals surface area contributed by atoms with Crippen LogP contribution in [-0.2, 0) is 0 Å². The second-order valence-electron chi connectivity index (χ2n) is 4.28. The van der Waals surface area contributed by atoms with Gasteiger partial charge in [0.05, 0.1) is 12.4 Å². The first-order valence-corrected chi connectivity index (χ1v) is 6.49. The average molecular weight is 279 g/mol. The number of hydrogen-bond donors (Lipinski definition) is 0. The van der Waals surface area contributed by atoms with Crippen LogP contribution in [0.25, 0.3) is 10.1 Å². The summed E-state index contributed by atoms with van der Waals surface area (Å²) in [6.07, 6.45) is 5.93. The van der Waals surface area contributed by atoms with Crippen molar-refractivity contribution in [3.63, 3.8) is 0 Å². The van der Waals surface area contributed by atoms with E-state index in [0.29, 0.717) is 6.04 Å². The third kappa shape index (κ3) is 2.04. The normalized spacial score (nSPS) is 18.1. The van der Waals surface area contributed by atoms with E-state index in [1.54, 1.807) is 0 Å². The van der Waals surface area contributed by atoms with Crippen LogP contribution in [-0.4, -0.2) is 18.3 Å². The van der Waals surface area contributed by atoms with Crippen LogP contribution in [0.2, 0.25) is 0 Å². The van der Waals surface area contributed by atoms with Crippen molar-refractivity contribution in [2.75, 3.05) is 7.05 Å². The molecular weight excluding hydrogens is 264 g/mol. The van der Waals surface area contributed by atoms with E-state index in [0.717, 1.165) is 0 Å². The number of rotatable bonds is 1. The van der Waals surface area contributed by atoms with E-state index in [1.807, 2.05) is 23.9 Å². The fraction of sp³-hybridized carbons (Fsp3) is 0.214. The first kappa shape index (κ1) is 13.1. The molecule has 0 fully saturated rings. The Labute approximate surface area is 117 Å². The Balaban J connectivity index is 0.00000120. The van der Waals surface area contributed by atoms with Crippen LogP contribution in [0.15, 0.2) is 41.5 Å². The molecule has 18 heavy (non-hydrogen) atoms. The van der Waals surface area contributed by atoms with E-state index in [4.69, 9.17) is 0 Å². The van der Waals surface area contributed by atoms with Crippen molar-refractivity contribution in [1.82, 2.24) is 4.90 Å². The van der Waals surface area contributed by atoms with Crippen molar-refractivity contribution in [2.45, 2.75) is 13.0 Å². The summed E-state index contributed by atoms with van der Waals surface area (Å²) in [6, 6.07) is 8.92. The van der Waals surface area contributed by atoms with Gasteiger partial charge in [0.2, 0.25) is 0 Å². The van der Waals surface area contributed by atoms with Crippen molar-refractivity contribution < 1.29 is 0 Å². The van der Waals surface area contributed by atoms with Gasteiger partial charge in [0.1, 0.15) is 0 Å². The highest BCUT2D eigenvalue weighted by Gasteiger charge is 2.20. The molecule has 0 saturated heterocycles. The molecule has 0 amide bonds. The number of thiophene rings is 1. The monoisotopic (exact) mass is 278 g/mol. The van der Waals surface area contributed by atoms with Crippen LogP contribution in [0, 0.1) is 6.92 Å². The molecule has 1 aliphatic heterocycles. The highest BCUT2D eigenvalue weighted by atomic mass is 35.5. The number of aliphatic imine (C=N–C) groups is 1. The molecule has 0 spiro atoms. The second kappa shape index (κ2) is 5.12. The number of halogens is 1. The Morgan fingerprint density at radius 2 is 2.06 bits per heavy atom. The summed E-state index contributed by atoms with van der Waals surface area (Å²) in [5, 5.41) is 1.37. The topological polar surface area (TPSA) is 15.6 Å². The zero-order valence-electron chi connectivity index (χ0n) is 10.3. The Hall–Kier alpha value is -1.32. The number of fused-ring (bicyclic) bond motifs is 1. The summed E-state index contributed by atoms with van der Waals surface area (Å²) >= 11 is 1.87. The number of hydrogen-bond acceptors (Lipinski definition) is 3. The lowest BCUT2D eigenvalue weighted by atomic mass is 10.0.